The lowest BCUT2D eigenvalue weighted by Gasteiger charge is -2.28. The Labute approximate surface area is 547 Å². The van der Waals surface area contributed by atoms with E-state index in [9.17, 15) is 9.59 Å². The molecule has 7 nitrogen and oxygen atoms in total. The lowest BCUT2D eigenvalue weighted by Crippen LogP contribution is -2.20. The highest BCUT2D eigenvalue weighted by atomic mass is 16.5. The van der Waals surface area contributed by atoms with Crippen LogP contribution in [0.15, 0.2) is 200 Å². The Morgan fingerprint density at radius 2 is 0.559 bits per heavy atom. The van der Waals surface area contributed by atoms with Crippen LogP contribution in [0.5, 0.6) is 11.5 Å². The quantitative estimate of drug-likeness (QED) is 0.114. The number of benzene rings is 10. The third kappa shape index (κ3) is 11.2. The van der Waals surface area contributed by atoms with Gasteiger partial charge in [-0.1, -0.05) is 103 Å². The minimum Gasteiger partial charge on any atom is -0.497 e. The van der Waals surface area contributed by atoms with Gasteiger partial charge in [-0.3, -0.25) is 19.6 Å². The van der Waals surface area contributed by atoms with Crippen LogP contribution in [0.25, 0.3) is 89.3 Å². The summed E-state index contributed by atoms with van der Waals surface area (Å²) >= 11 is 0. The average Bonchev–Trinajstić information content (AvgIpc) is 0.794. The second-order valence-corrected chi connectivity index (χ2v) is 25.4. The molecule has 93 heavy (non-hydrogen) atoms. The Morgan fingerprint density at radius 1 is 0.269 bits per heavy atom. The molecule has 0 N–H and O–H groups in total. The van der Waals surface area contributed by atoms with E-state index < -0.39 is 0 Å². The minimum atomic E-state index is -0.109. The predicted octanol–water partition coefficient (Wildman–Crippen LogP) is 21.8. The Balaban J connectivity index is 0.702. The molecule has 0 saturated carbocycles. The molecule has 0 saturated heterocycles. The number of aromatic nitrogens is 2. The van der Waals surface area contributed by atoms with Crippen molar-refractivity contribution >= 4 is 28.6 Å². The SMILES string of the molecule is COc1ccc(N(c2ccc(OC)cc2)c2cc(C)c(-c3cc(C)c(-c4cc(C)c(-c5ccc(-c6ccc(-c7cc(C)c(-c8cc(C)c(-c9cc(C)c(-c%10ccc%11c(c%10)C(=O)c%10ccccc%10C%11=O)cc9C)cc8C)cc7C)cn6)nc5)cc4C)cc3C)cc2C)cc1. The molecule has 0 spiro atoms. The molecule has 13 rings (SSSR count). The number of anilines is 3. The number of ether oxygens (including phenoxy) is 2. The van der Waals surface area contributed by atoms with Crippen molar-refractivity contribution in [3.63, 3.8) is 0 Å². The molecule has 0 fully saturated rings. The van der Waals surface area contributed by atoms with Crippen LogP contribution in [0.3, 0.4) is 0 Å². The number of fused-ring (bicyclic) bond motifs is 2. The average molecular weight is 1210 g/mol. The maximum Gasteiger partial charge on any atom is 0.194 e. The van der Waals surface area contributed by atoms with Crippen molar-refractivity contribution < 1.29 is 19.1 Å². The van der Waals surface area contributed by atoms with Gasteiger partial charge in [0.15, 0.2) is 11.6 Å². The number of carbonyl (C=O) groups is 2. The number of ketones is 2. The maximum absolute atomic E-state index is 13.6. The fourth-order valence-corrected chi connectivity index (χ4v) is 13.9. The topological polar surface area (TPSA) is 81.6 Å². The van der Waals surface area contributed by atoms with Crippen LogP contribution in [-0.2, 0) is 0 Å². The first-order chi connectivity index (χ1) is 44.8. The number of hydrogen-bond donors (Lipinski definition) is 0. The van der Waals surface area contributed by atoms with Crippen LogP contribution in [0.2, 0.25) is 0 Å². The summed E-state index contributed by atoms with van der Waals surface area (Å²) in [5.74, 6) is 1.42. The Bertz CT molecular complexity index is 4970. The van der Waals surface area contributed by atoms with E-state index in [1.807, 2.05) is 60.9 Å². The van der Waals surface area contributed by atoms with Crippen molar-refractivity contribution in [1.82, 2.24) is 9.97 Å². The minimum absolute atomic E-state index is 0.105. The van der Waals surface area contributed by atoms with Gasteiger partial charge in [-0.15, -0.1) is 0 Å². The van der Waals surface area contributed by atoms with E-state index >= 15 is 0 Å². The van der Waals surface area contributed by atoms with Crippen molar-refractivity contribution in [2.75, 3.05) is 19.1 Å². The molecule has 0 atom stereocenters. The molecule has 7 heteroatoms. The zero-order valence-corrected chi connectivity index (χ0v) is 55.5. The van der Waals surface area contributed by atoms with E-state index in [1.54, 1.807) is 32.4 Å². The molecule has 458 valence electrons. The van der Waals surface area contributed by atoms with Crippen LogP contribution in [0.4, 0.5) is 17.1 Å². The lowest BCUT2D eigenvalue weighted by atomic mass is 9.82. The molecule has 1 aliphatic rings. The van der Waals surface area contributed by atoms with Gasteiger partial charge in [0.2, 0.25) is 0 Å². The number of rotatable bonds is 13. The van der Waals surface area contributed by atoms with Gasteiger partial charge in [-0.2, -0.15) is 0 Å². The monoisotopic (exact) mass is 1210 g/mol. The van der Waals surface area contributed by atoms with E-state index in [0.717, 1.165) is 84.5 Å². The first-order valence-electron chi connectivity index (χ1n) is 31.8. The van der Waals surface area contributed by atoms with Gasteiger partial charge in [0.25, 0.3) is 0 Å². The zero-order valence-electron chi connectivity index (χ0n) is 55.5. The van der Waals surface area contributed by atoms with Crippen molar-refractivity contribution in [3.05, 3.63) is 289 Å². The van der Waals surface area contributed by atoms with Crippen LogP contribution in [0, 0.1) is 83.1 Å². The molecule has 0 bridgehead atoms. The number of pyridine rings is 2. The third-order valence-corrected chi connectivity index (χ3v) is 19.1. The lowest BCUT2D eigenvalue weighted by molar-refractivity contribution is 0.0979. The molecule has 0 unspecified atom stereocenters. The summed E-state index contributed by atoms with van der Waals surface area (Å²) < 4.78 is 11.0. The first-order valence-corrected chi connectivity index (χ1v) is 31.8. The number of nitrogens with zero attached hydrogens (tertiary/aromatic N) is 3. The van der Waals surface area contributed by atoms with Gasteiger partial charge in [-0.05, 0) is 302 Å². The molecule has 0 radical (unpaired) electrons. The smallest absolute Gasteiger partial charge is 0.194 e. The fourth-order valence-electron chi connectivity index (χ4n) is 13.9. The highest BCUT2D eigenvalue weighted by Gasteiger charge is 2.30. The van der Waals surface area contributed by atoms with Gasteiger partial charge in [0.05, 0.1) is 25.6 Å². The number of carbonyl (C=O) groups excluding carboxylic acids is 2. The normalized spacial score (nSPS) is 11.8. The van der Waals surface area contributed by atoms with E-state index in [1.165, 1.54) is 100 Å². The molecule has 10 aromatic carbocycles. The van der Waals surface area contributed by atoms with Crippen molar-refractivity contribution in [2.24, 2.45) is 0 Å². The second-order valence-electron chi connectivity index (χ2n) is 25.4. The number of hydrogen-bond acceptors (Lipinski definition) is 7. The molecule has 0 aliphatic heterocycles. The summed E-state index contributed by atoms with van der Waals surface area (Å²) in [6.45, 7) is 26.4. The highest BCUT2D eigenvalue weighted by molar-refractivity contribution is 6.28. The van der Waals surface area contributed by atoms with Crippen LogP contribution >= 0.6 is 0 Å². The zero-order chi connectivity index (χ0) is 65.3. The third-order valence-electron chi connectivity index (χ3n) is 19.1. The largest absolute Gasteiger partial charge is 0.497 e. The van der Waals surface area contributed by atoms with Crippen molar-refractivity contribution in [3.8, 4) is 101 Å². The number of methoxy groups -OCH3 is 2. The van der Waals surface area contributed by atoms with Gasteiger partial charge < -0.3 is 14.4 Å². The summed E-state index contributed by atoms with van der Waals surface area (Å²) in [6.07, 6.45) is 3.95. The van der Waals surface area contributed by atoms with E-state index in [4.69, 9.17) is 19.4 Å². The van der Waals surface area contributed by atoms with Gasteiger partial charge in [0, 0.05) is 62.8 Å². The van der Waals surface area contributed by atoms with Gasteiger partial charge >= 0.3 is 0 Å². The van der Waals surface area contributed by atoms with Crippen LogP contribution in [-0.4, -0.2) is 35.8 Å². The molecule has 2 aromatic heterocycles. The Kier molecular flexibility index (Phi) is 16.1. The number of aryl methyl sites for hydroxylation is 12. The van der Waals surface area contributed by atoms with E-state index in [0.29, 0.717) is 22.3 Å². The summed E-state index contributed by atoms with van der Waals surface area (Å²) in [5.41, 5.74) is 37.1. The van der Waals surface area contributed by atoms with Gasteiger partial charge in [-0.25, -0.2) is 0 Å². The van der Waals surface area contributed by atoms with Crippen molar-refractivity contribution in [1.29, 1.82) is 0 Å². The van der Waals surface area contributed by atoms with Crippen LogP contribution in [0.1, 0.15) is 98.6 Å². The molecule has 12 aromatic rings. The summed E-state index contributed by atoms with van der Waals surface area (Å²) in [5, 5.41) is 0. The Hall–Kier alpha value is -10.8. The van der Waals surface area contributed by atoms with E-state index in [2.05, 4.69) is 209 Å². The standard InChI is InChI=1S/C86H75N3O4/c1-48-36-73(51(4)33-70(48)60-19-30-69-81(45-60)86(91)68-18-16-15-17-67(68)85(69)90)76-39-55(8)77(40-54(76)7)74-37-49(2)71(34-52(74)5)61-20-31-82(87-46-61)83-32-21-62(47-88-83)72-35-53(6)75(38-50(72)3)78-41-57(10)79(42-56(78)9)80-43-59(12)84(44-58(80)11)89(63-22-26-65(92-13)27-23-63)64-24-28-66(93-14)29-25-64/h15-47H,1-14H3. The summed E-state index contributed by atoms with van der Waals surface area (Å²) in [7, 11) is 3.39. The predicted molar refractivity (Wildman–Crippen MR) is 383 cm³/mol. The second kappa shape index (κ2) is 24.5. The van der Waals surface area contributed by atoms with E-state index in [-0.39, 0.29) is 11.6 Å². The molecule has 0 amide bonds. The van der Waals surface area contributed by atoms with Crippen molar-refractivity contribution in [2.45, 2.75) is 83.1 Å². The Morgan fingerprint density at radius 3 is 0.903 bits per heavy atom. The molecular formula is C86H75N3O4. The van der Waals surface area contributed by atoms with Gasteiger partial charge in [0.1, 0.15) is 11.5 Å². The molecule has 1 aliphatic carbocycles. The molecule has 2 heterocycles. The van der Waals surface area contributed by atoms with Crippen LogP contribution < -0.4 is 14.4 Å². The fraction of sp³-hybridized carbons (Fsp3) is 0.163. The summed E-state index contributed by atoms with van der Waals surface area (Å²) in [6, 6.07) is 65.5. The highest BCUT2D eigenvalue weighted by Crippen LogP contribution is 2.45. The molecular weight excluding hydrogens is 1140 g/mol. The maximum atomic E-state index is 13.6. The summed E-state index contributed by atoms with van der Waals surface area (Å²) in [4.78, 5) is 39.3. The first kappa shape index (κ1) is 61.1.